The molecule has 31 heavy (non-hydrogen) atoms. The smallest absolute Gasteiger partial charge is 0.257 e. The number of anilines is 1. The Kier molecular flexibility index (Phi) is 5.95. The number of H-pyrrole nitrogens is 1. The number of rotatable bonds is 7. The predicted octanol–water partition coefficient (Wildman–Crippen LogP) is 5.06. The van der Waals surface area contributed by atoms with E-state index < -0.39 is 0 Å². The molecule has 3 aromatic carbocycles. The van der Waals surface area contributed by atoms with Crippen molar-refractivity contribution in [3.63, 3.8) is 0 Å². The van der Waals surface area contributed by atoms with Crippen molar-refractivity contribution in [2.45, 2.75) is 6.61 Å². The fourth-order valence-electron chi connectivity index (χ4n) is 3.11. The molecule has 4 aromatic rings. The summed E-state index contributed by atoms with van der Waals surface area (Å²) in [6.45, 7) is 0.330. The van der Waals surface area contributed by atoms with Crippen molar-refractivity contribution >= 4 is 34.2 Å². The third-order valence-electron chi connectivity index (χ3n) is 4.76. The van der Waals surface area contributed by atoms with Crippen LogP contribution in [0.1, 0.15) is 15.9 Å². The first-order valence-corrected chi connectivity index (χ1v) is 9.84. The average Bonchev–Trinajstić information content (AvgIpc) is 3.19. The molecule has 158 valence electrons. The van der Waals surface area contributed by atoms with Gasteiger partial charge in [-0.05, 0) is 42.5 Å². The Labute approximate surface area is 183 Å². The Morgan fingerprint density at radius 2 is 1.84 bits per heavy atom. The van der Waals surface area contributed by atoms with Gasteiger partial charge in [0.1, 0.15) is 12.4 Å². The Morgan fingerprint density at radius 3 is 2.61 bits per heavy atom. The number of fused-ring (bicyclic) bond motifs is 1. The van der Waals surface area contributed by atoms with Crippen molar-refractivity contribution in [1.82, 2.24) is 10.2 Å². The van der Waals surface area contributed by atoms with Gasteiger partial charge in [-0.3, -0.25) is 9.89 Å². The van der Waals surface area contributed by atoms with E-state index in [4.69, 9.17) is 25.8 Å². The molecule has 0 aliphatic heterocycles. The molecule has 0 saturated heterocycles. The summed E-state index contributed by atoms with van der Waals surface area (Å²) in [7, 11) is 3.06. The number of aromatic nitrogens is 2. The molecule has 1 aromatic heterocycles. The number of aromatic amines is 1. The molecule has 0 fully saturated rings. The Morgan fingerprint density at radius 1 is 1.03 bits per heavy atom. The van der Waals surface area contributed by atoms with Gasteiger partial charge in [0, 0.05) is 21.5 Å². The summed E-state index contributed by atoms with van der Waals surface area (Å²) in [4.78, 5) is 12.7. The van der Waals surface area contributed by atoms with E-state index in [2.05, 4.69) is 15.5 Å². The van der Waals surface area contributed by atoms with Crippen molar-refractivity contribution < 1.29 is 19.0 Å². The van der Waals surface area contributed by atoms with Gasteiger partial charge >= 0.3 is 0 Å². The molecule has 0 aliphatic carbocycles. The number of nitrogens with zero attached hydrogens (tertiary/aromatic N) is 1. The van der Waals surface area contributed by atoms with Crippen LogP contribution in [0.2, 0.25) is 5.02 Å². The van der Waals surface area contributed by atoms with Gasteiger partial charge in [0.2, 0.25) is 0 Å². The monoisotopic (exact) mass is 437 g/mol. The number of methoxy groups -OCH3 is 2. The summed E-state index contributed by atoms with van der Waals surface area (Å²) < 4.78 is 16.4. The highest BCUT2D eigenvalue weighted by atomic mass is 35.5. The second-order valence-corrected chi connectivity index (χ2v) is 7.09. The number of carbonyl (C=O) groups excluding carboxylic acids is 1. The van der Waals surface area contributed by atoms with E-state index in [9.17, 15) is 4.79 Å². The Hall–Kier alpha value is -3.71. The fourth-order valence-corrected chi connectivity index (χ4v) is 3.30. The number of ether oxygens (including phenoxy) is 3. The lowest BCUT2D eigenvalue weighted by Crippen LogP contribution is -2.12. The van der Waals surface area contributed by atoms with Gasteiger partial charge in [-0.1, -0.05) is 29.8 Å². The lowest BCUT2D eigenvalue weighted by atomic mass is 10.2. The Balaban J connectivity index is 1.53. The molecule has 1 heterocycles. The van der Waals surface area contributed by atoms with Gasteiger partial charge < -0.3 is 19.5 Å². The number of halogens is 1. The zero-order valence-corrected chi connectivity index (χ0v) is 17.7. The number of hydrogen-bond acceptors (Lipinski definition) is 5. The lowest BCUT2D eigenvalue weighted by molar-refractivity contribution is 0.102. The minimum atomic E-state index is -0.322. The first-order valence-electron chi connectivity index (χ1n) is 9.46. The molecule has 0 atom stereocenters. The number of carbonyl (C=O) groups is 1. The van der Waals surface area contributed by atoms with Crippen LogP contribution in [0.5, 0.6) is 17.2 Å². The van der Waals surface area contributed by atoms with Gasteiger partial charge in [0.15, 0.2) is 17.3 Å². The molecule has 2 N–H and O–H groups in total. The van der Waals surface area contributed by atoms with Crippen molar-refractivity contribution in [3.8, 4) is 17.2 Å². The van der Waals surface area contributed by atoms with Crippen LogP contribution in [-0.2, 0) is 6.61 Å². The highest BCUT2D eigenvalue weighted by Gasteiger charge is 2.15. The molecule has 0 aliphatic rings. The zero-order valence-electron chi connectivity index (χ0n) is 16.9. The molecule has 0 unspecified atom stereocenters. The van der Waals surface area contributed by atoms with E-state index in [0.717, 1.165) is 16.5 Å². The maximum absolute atomic E-state index is 12.7. The topological polar surface area (TPSA) is 85.5 Å². The SMILES string of the molecule is COc1ccc(C(=O)Nc2n[nH]c3ccc(OCc4ccccc4Cl)cc23)cc1OC. The van der Waals surface area contributed by atoms with Crippen LogP contribution in [0.4, 0.5) is 5.82 Å². The second kappa shape index (κ2) is 8.97. The minimum absolute atomic E-state index is 0.322. The van der Waals surface area contributed by atoms with Crippen LogP contribution in [0, 0.1) is 0 Å². The van der Waals surface area contributed by atoms with Gasteiger partial charge in [0.25, 0.3) is 5.91 Å². The number of nitrogens with one attached hydrogen (secondary N) is 2. The molecule has 1 amide bonds. The van der Waals surface area contributed by atoms with E-state index >= 15 is 0 Å². The van der Waals surface area contributed by atoms with E-state index in [1.807, 2.05) is 42.5 Å². The predicted molar refractivity (Wildman–Crippen MR) is 119 cm³/mol. The molecule has 4 rings (SSSR count). The van der Waals surface area contributed by atoms with E-state index in [-0.39, 0.29) is 5.91 Å². The van der Waals surface area contributed by atoms with Gasteiger partial charge in [-0.2, -0.15) is 5.10 Å². The molecule has 0 bridgehead atoms. The number of amides is 1. The average molecular weight is 438 g/mol. The standard InChI is InChI=1S/C23H20ClN3O4/c1-29-20-10-7-14(11-21(20)30-2)23(28)25-22-17-12-16(8-9-19(17)26-27-22)31-13-15-5-3-4-6-18(15)24/h3-12H,13H2,1-2H3,(H2,25,26,27,28). The van der Waals surface area contributed by atoms with Crippen molar-refractivity contribution in [3.05, 3.63) is 76.8 Å². The van der Waals surface area contributed by atoms with Crippen molar-refractivity contribution in [2.75, 3.05) is 19.5 Å². The zero-order chi connectivity index (χ0) is 21.8. The molecule has 8 heteroatoms. The number of hydrogen-bond donors (Lipinski definition) is 2. The summed E-state index contributed by atoms with van der Waals surface area (Å²) in [5.74, 6) is 1.73. The van der Waals surface area contributed by atoms with Crippen LogP contribution >= 0.6 is 11.6 Å². The molecule has 0 saturated carbocycles. The van der Waals surface area contributed by atoms with Crippen LogP contribution in [0.3, 0.4) is 0 Å². The Bertz CT molecular complexity index is 1240. The summed E-state index contributed by atoms with van der Waals surface area (Å²) in [5.41, 5.74) is 2.08. The third kappa shape index (κ3) is 4.41. The van der Waals surface area contributed by atoms with Crippen LogP contribution < -0.4 is 19.5 Å². The van der Waals surface area contributed by atoms with E-state index in [1.165, 1.54) is 7.11 Å². The van der Waals surface area contributed by atoms with Crippen molar-refractivity contribution in [2.24, 2.45) is 0 Å². The molecule has 7 nitrogen and oxygen atoms in total. The minimum Gasteiger partial charge on any atom is -0.493 e. The lowest BCUT2D eigenvalue weighted by Gasteiger charge is -2.10. The van der Waals surface area contributed by atoms with Crippen LogP contribution in [-0.4, -0.2) is 30.3 Å². The van der Waals surface area contributed by atoms with Gasteiger partial charge in [-0.15, -0.1) is 0 Å². The van der Waals surface area contributed by atoms with Crippen LogP contribution in [0.15, 0.2) is 60.7 Å². The highest BCUT2D eigenvalue weighted by Crippen LogP contribution is 2.29. The van der Waals surface area contributed by atoms with Gasteiger partial charge in [0.05, 0.1) is 19.7 Å². The van der Waals surface area contributed by atoms with Gasteiger partial charge in [-0.25, -0.2) is 0 Å². The number of benzene rings is 3. The molecule has 0 spiro atoms. The maximum atomic E-state index is 12.7. The summed E-state index contributed by atoms with van der Waals surface area (Å²) >= 11 is 6.19. The van der Waals surface area contributed by atoms with Crippen LogP contribution in [0.25, 0.3) is 10.9 Å². The normalized spacial score (nSPS) is 10.7. The summed E-state index contributed by atoms with van der Waals surface area (Å²) in [6.07, 6.45) is 0. The second-order valence-electron chi connectivity index (χ2n) is 6.68. The molecular weight excluding hydrogens is 418 g/mol. The fraction of sp³-hybridized carbons (Fsp3) is 0.130. The van der Waals surface area contributed by atoms with Crippen molar-refractivity contribution in [1.29, 1.82) is 0 Å². The highest BCUT2D eigenvalue weighted by molar-refractivity contribution is 6.31. The summed E-state index contributed by atoms with van der Waals surface area (Å²) in [6, 6.07) is 18.0. The molecular formula is C23H20ClN3O4. The van der Waals surface area contributed by atoms with E-state index in [1.54, 1.807) is 25.3 Å². The van der Waals surface area contributed by atoms with E-state index in [0.29, 0.717) is 40.3 Å². The maximum Gasteiger partial charge on any atom is 0.257 e. The first-order chi connectivity index (χ1) is 15.1. The molecule has 0 radical (unpaired) electrons. The largest absolute Gasteiger partial charge is 0.493 e. The first kappa shape index (κ1) is 20.6. The third-order valence-corrected chi connectivity index (χ3v) is 5.13. The quantitative estimate of drug-likeness (QED) is 0.422. The summed E-state index contributed by atoms with van der Waals surface area (Å²) in [5, 5.41) is 11.3.